The van der Waals surface area contributed by atoms with Crippen LogP contribution in [-0.4, -0.2) is 28.4 Å². The van der Waals surface area contributed by atoms with E-state index < -0.39 is 10.4 Å². The van der Waals surface area contributed by atoms with E-state index in [-0.39, 0.29) is 0 Å². The van der Waals surface area contributed by atoms with Gasteiger partial charge >= 0.3 is 5.97 Å². The van der Waals surface area contributed by atoms with Crippen LogP contribution in [0.2, 0.25) is 0 Å². The van der Waals surface area contributed by atoms with E-state index >= 15 is 0 Å². The molecule has 0 fully saturated rings. The number of alkyl halides is 1. The fraction of sp³-hybridized carbons (Fsp3) is 0.600. The molecular weight excluding hydrogens is 232 g/mol. The van der Waals surface area contributed by atoms with Crippen LogP contribution in [0.3, 0.4) is 0 Å². The zero-order valence-corrected chi connectivity index (χ0v) is 8.24. The Labute approximate surface area is 76.7 Å². The molecule has 1 rings (SSSR count). The molecule has 1 aliphatic heterocycles. The van der Waals surface area contributed by atoms with Crippen molar-refractivity contribution in [2.75, 3.05) is 12.9 Å². The fourth-order valence-electron chi connectivity index (χ4n) is 0.670. The first kappa shape index (κ1) is 8.86. The third-order valence-corrected chi connectivity index (χ3v) is 3.30. The molecule has 0 aliphatic carbocycles. The van der Waals surface area contributed by atoms with E-state index in [0.29, 0.717) is 10.9 Å². The standard InChI is InChI=1S/C5H7BrN2O2S/c1-10-3(9)5(6)2-11-4(7)8-5/h2H2,1H3,(H2,7,8). The maximum absolute atomic E-state index is 11.0. The third kappa shape index (κ3) is 1.67. The Morgan fingerprint density at radius 2 is 2.64 bits per heavy atom. The number of thioether (sulfide) groups is 1. The molecule has 6 heteroatoms. The Hall–Kier alpha value is -0.230. The second kappa shape index (κ2) is 3.02. The predicted octanol–water partition coefficient (Wildman–Crippen LogP) is 0.312. The summed E-state index contributed by atoms with van der Waals surface area (Å²) >= 11 is 4.48. The van der Waals surface area contributed by atoms with Crippen LogP contribution in [0.15, 0.2) is 4.99 Å². The minimum atomic E-state index is -0.948. The van der Waals surface area contributed by atoms with Crippen LogP contribution in [0.1, 0.15) is 0 Å². The lowest BCUT2D eigenvalue weighted by Gasteiger charge is -2.12. The highest BCUT2D eigenvalue weighted by Crippen LogP contribution is 2.32. The monoisotopic (exact) mass is 238 g/mol. The summed E-state index contributed by atoms with van der Waals surface area (Å²) in [5.41, 5.74) is 5.38. The van der Waals surface area contributed by atoms with Gasteiger partial charge in [0.05, 0.1) is 7.11 Å². The molecule has 1 aliphatic rings. The summed E-state index contributed by atoms with van der Waals surface area (Å²) in [6.45, 7) is 0. The molecule has 1 heterocycles. The molecule has 1 unspecified atom stereocenters. The average Bonchev–Trinajstić information content (AvgIpc) is 2.31. The Morgan fingerprint density at radius 1 is 2.00 bits per heavy atom. The van der Waals surface area contributed by atoms with E-state index in [0.717, 1.165) is 0 Å². The van der Waals surface area contributed by atoms with Crippen molar-refractivity contribution in [3.8, 4) is 0 Å². The Balaban J connectivity index is 2.77. The van der Waals surface area contributed by atoms with Crippen molar-refractivity contribution in [1.82, 2.24) is 0 Å². The van der Waals surface area contributed by atoms with Crippen molar-refractivity contribution in [1.29, 1.82) is 0 Å². The number of nitrogens with zero attached hydrogens (tertiary/aromatic N) is 1. The smallest absolute Gasteiger partial charge is 0.345 e. The molecule has 0 bridgehead atoms. The van der Waals surface area contributed by atoms with E-state index in [4.69, 9.17) is 5.73 Å². The first-order chi connectivity index (χ1) is 5.08. The van der Waals surface area contributed by atoms with Crippen LogP contribution >= 0.6 is 27.7 Å². The van der Waals surface area contributed by atoms with E-state index in [2.05, 4.69) is 25.7 Å². The third-order valence-electron chi connectivity index (χ3n) is 1.20. The van der Waals surface area contributed by atoms with Crippen molar-refractivity contribution in [3.05, 3.63) is 0 Å². The maximum Gasteiger partial charge on any atom is 0.345 e. The summed E-state index contributed by atoms with van der Waals surface area (Å²) in [6, 6.07) is 0. The highest BCUT2D eigenvalue weighted by Gasteiger charge is 2.40. The van der Waals surface area contributed by atoms with Crippen molar-refractivity contribution >= 4 is 38.8 Å². The number of rotatable bonds is 1. The number of methoxy groups -OCH3 is 1. The lowest BCUT2D eigenvalue weighted by molar-refractivity contribution is -0.142. The largest absolute Gasteiger partial charge is 0.467 e. The van der Waals surface area contributed by atoms with Gasteiger partial charge in [0.15, 0.2) is 5.17 Å². The van der Waals surface area contributed by atoms with Crippen LogP contribution in [-0.2, 0) is 9.53 Å². The second-order valence-corrected chi connectivity index (χ2v) is 4.30. The molecule has 0 spiro atoms. The number of aliphatic imine (C=N–C) groups is 1. The number of ether oxygens (including phenoxy) is 1. The summed E-state index contributed by atoms with van der Waals surface area (Å²) in [5.74, 6) is 0.0800. The lowest BCUT2D eigenvalue weighted by atomic mass is 10.4. The highest BCUT2D eigenvalue weighted by atomic mass is 79.9. The Bertz CT molecular complexity index is 221. The van der Waals surface area contributed by atoms with Crippen molar-refractivity contribution < 1.29 is 9.53 Å². The number of esters is 1. The van der Waals surface area contributed by atoms with Gasteiger partial charge in [0.2, 0.25) is 4.45 Å². The summed E-state index contributed by atoms with van der Waals surface area (Å²) in [4.78, 5) is 14.9. The van der Waals surface area contributed by atoms with Gasteiger partial charge in [0.1, 0.15) is 0 Å². The quantitative estimate of drug-likeness (QED) is 0.406. The summed E-state index contributed by atoms with van der Waals surface area (Å²) in [5, 5.41) is 0.410. The average molecular weight is 239 g/mol. The van der Waals surface area contributed by atoms with Crippen LogP contribution in [0, 0.1) is 0 Å². The summed E-state index contributed by atoms with van der Waals surface area (Å²) in [6.07, 6.45) is 0. The van der Waals surface area contributed by atoms with E-state index in [1.165, 1.54) is 18.9 Å². The SMILES string of the molecule is COC(=O)C1(Br)CSC(N)=N1. The van der Waals surface area contributed by atoms with Gasteiger partial charge < -0.3 is 10.5 Å². The van der Waals surface area contributed by atoms with Crippen LogP contribution < -0.4 is 5.73 Å². The molecule has 4 nitrogen and oxygen atoms in total. The molecule has 0 aromatic heterocycles. The first-order valence-electron chi connectivity index (χ1n) is 2.84. The zero-order valence-electron chi connectivity index (χ0n) is 5.83. The molecule has 0 radical (unpaired) electrons. The molecule has 1 atom stereocenters. The van der Waals surface area contributed by atoms with Crippen molar-refractivity contribution in [3.63, 3.8) is 0 Å². The normalized spacial score (nSPS) is 29.8. The van der Waals surface area contributed by atoms with Gasteiger partial charge in [-0.1, -0.05) is 11.8 Å². The van der Waals surface area contributed by atoms with E-state index in [1.54, 1.807) is 0 Å². The van der Waals surface area contributed by atoms with Crippen molar-refractivity contribution in [2.45, 2.75) is 4.45 Å². The minimum Gasteiger partial charge on any atom is -0.467 e. The number of halogens is 1. The lowest BCUT2D eigenvalue weighted by Crippen LogP contribution is -2.31. The minimum absolute atomic E-state index is 0.410. The zero-order chi connectivity index (χ0) is 8.48. The van der Waals surface area contributed by atoms with Crippen LogP contribution in [0.4, 0.5) is 0 Å². The highest BCUT2D eigenvalue weighted by molar-refractivity contribution is 9.10. The molecule has 62 valence electrons. The molecule has 0 aromatic rings. The second-order valence-electron chi connectivity index (χ2n) is 1.99. The molecular formula is C5H7BrN2O2S. The summed E-state index contributed by atoms with van der Waals surface area (Å²) in [7, 11) is 1.32. The number of carbonyl (C=O) groups excluding carboxylic acids is 1. The van der Waals surface area contributed by atoms with Gasteiger partial charge in [-0.3, -0.25) is 0 Å². The molecule has 0 amide bonds. The number of amidine groups is 1. The van der Waals surface area contributed by atoms with Crippen LogP contribution in [0.5, 0.6) is 0 Å². The summed E-state index contributed by atoms with van der Waals surface area (Å²) < 4.78 is 3.58. The predicted molar refractivity (Wildman–Crippen MR) is 47.8 cm³/mol. The molecule has 0 saturated carbocycles. The fourth-order valence-corrected chi connectivity index (χ4v) is 2.23. The number of hydrogen-bond acceptors (Lipinski definition) is 5. The van der Waals surface area contributed by atoms with Crippen molar-refractivity contribution in [2.24, 2.45) is 10.7 Å². The van der Waals surface area contributed by atoms with E-state index in [1.807, 2.05) is 0 Å². The topological polar surface area (TPSA) is 64.7 Å². The van der Waals surface area contributed by atoms with Gasteiger partial charge in [-0.15, -0.1) is 0 Å². The Kier molecular flexibility index (Phi) is 2.43. The van der Waals surface area contributed by atoms with Gasteiger partial charge in [-0.2, -0.15) is 0 Å². The number of carbonyl (C=O) groups is 1. The molecule has 2 N–H and O–H groups in total. The van der Waals surface area contributed by atoms with Crippen LogP contribution in [0.25, 0.3) is 0 Å². The Morgan fingerprint density at radius 3 is 3.00 bits per heavy atom. The van der Waals surface area contributed by atoms with Gasteiger partial charge in [0, 0.05) is 5.75 Å². The number of nitrogens with two attached hydrogens (primary N) is 1. The maximum atomic E-state index is 11.0. The molecule has 0 saturated heterocycles. The van der Waals surface area contributed by atoms with Gasteiger partial charge in [-0.25, -0.2) is 9.79 Å². The molecule has 11 heavy (non-hydrogen) atoms. The van der Waals surface area contributed by atoms with Gasteiger partial charge in [0.25, 0.3) is 0 Å². The first-order valence-corrected chi connectivity index (χ1v) is 4.62. The molecule has 0 aromatic carbocycles. The van der Waals surface area contributed by atoms with E-state index in [9.17, 15) is 4.79 Å². The van der Waals surface area contributed by atoms with Gasteiger partial charge in [-0.05, 0) is 15.9 Å². The number of hydrogen-bond donors (Lipinski definition) is 1.